The average Bonchev–Trinajstić information content (AvgIpc) is 2.71. The van der Waals surface area contributed by atoms with Gasteiger partial charge in [0.2, 0.25) is 0 Å². The van der Waals surface area contributed by atoms with Crippen LogP contribution in [0.1, 0.15) is 21.5 Å². The highest BCUT2D eigenvalue weighted by Gasteiger charge is 2.10. The number of hydrogen-bond acceptors (Lipinski definition) is 3. The van der Waals surface area contributed by atoms with Crippen molar-refractivity contribution in [2.24, 2.45) is 0 Å². The molecule has 3 rings (SSSR count). The smallest absolute Gasteiger partial charge is 0.187 e. The van der Waals surface area contributed by atoms with Gasteiger partial charge in [0.05, 0.1) is 12.1 Å². The van der Waals surface area contributed by atoms with Crippen molar-refractivity contribution >= 4 is 35.1 Å². The van der Waals surface area contributed by atoms with Gasteiger partial charge in [0.25, 0.3) is 0 Å². The monoisotopic (exact) mass is 448 g/mol. The number of halogens is 4. The van der Waals surface area contributed by atoms with Crippen molar-refractivity contribution in [3.05, 3.63) is 99.0 Å². The van der Waals surface area contributed by atoms with E-state index in [0.29, 0.717) is 27.5 Å². The first-order valence-corrected chi connectivity index (χ1v) is 9.55. The zero-order chi connectivity index (χ0) is 21.7. The molecule has 0 atom stereocenters. The fourth-order valence-electron chi connectivity index (χ4n) is 2.71. The summed E-state index contributed by atoms with van der Waals surface area (Å²) in [5.41, 5.74) is 1.66. The van der Waals surface area contributed by atoms with Gasteiger partial charge in [-0.3, -0.25) is 4.79 Å². The summed E-state index contributed by atoms with van der Waals surface area (Å²) in [6.45, 7) is -0.00956. The maximum Gasteiger partial charge on any atom is 0.187 e. The van der Waals surface area contributed by atoms with Crippen LogP contribution in [0.3, 0.4) is 0 Å². The van der Waals surface area contributed by atoms with Crippen molar-refractivity contribution in [1.29, 1.82) is 0 Å². The van der Waals surface area contributed by atoms with E-state index in [1.807, 2.05) is 0 Å². The van der Waals surface area contributed by atoms with Gasteiger partial charge in [-0.15, -0.1) is 0 Å². The predicted octanol–water partition coefficient (Wildman–Crippen LogP) is 6.76. The molecule has 0 fully saturated rings. The summed E-state index contributed by atoms with van der Waals surface area (Å²) in [4.78, 5) is 12.4. The molecule has 0 amide bonds. The highest BCUT2D eigenvalue weighted by atomic mass is 35.5. The quantitative estimate of drug-likeness (QED) is 0.296. The Kier molecular flexibility index (Phi) is 7.08. The van der Waals surface area contributed by atoms with E-state index < -0.39 is 11.6 Å². The molecule has 0 unspecified atom stereocenters. The third-order valence-electron chi connectivity index (χ3n) is 4.21. The number of rotatable bonds is 7. The van der Waals surface area contributed by atoms with Crippen molar-refractivity contribution in [3.63, 3.8) is 0 Å². The van der Waals surface area contributed by atoms with E-state index in [9.17, 15) is 13.6 Å². The molecule has 3 aromatic carbocycles. The topological polar surface area (TPSA) is 35.5 Å². The second-order valence-corrected chi connectivity index (χ2v) is 7.10. The van der Waals surface area contributed by atoms with E-state index in [1.54, 1.807) is 36.4 Å². The number of carbonyl (C=O) groups excluding carboxylic acids is 1. The lowest BCUT2D eigenvalue weighted by molar-refractivity contribution is 0.104. The van der Waals surface area contributed by atoms with Crippen molar-refractivity contribution in [2.45, 2.75) is 6.61 Å². The van der Waals surface area contributed by atoms with Crippen LogP contribution in [0.25, 0.3) is 6.08 Å². The lowest BCUT2D eigenvalue weighted by atomic mass is 10.1. The maximum absolute atomic E-state index is 13.8. The number of ketones is 1. The van der Waals surface area contributed by atoms with Gasteiger partial charge in [-0.25, -0.2) is 8.78 Å². The predicted molar refractivity (Wildman–Crippen MR) is 114 cm³/mol. The summed E-state index contributed by atoms with van der Waals surface area (Å²) in [7, 11) is 1.50. The second kappa shape index (κ2) is 9.74. The maximum atomic E-state index is 13.8. The number of methoxy groups -OCH3 is 1. The van der Waals surface area contributed by atoms with Crippen molar-refractivity contribution < 1.29 is 23.0 Å². The molecule has 0 radical (unpaired) electrons. The molecule has 0 spiro atoms. The molecule has 0 bridgehead atoms. The van der Waals surface area contributed by atoms with E-state index in [0.717, 1.165) is 12.1 Å². The molecule has 30 heavy (non-hydrogen) atoms. The molecule has 0 aliphatic carbocycles. The Morgan fingerprint density at radius 3 is 2.47 bits per heavy atom. The molecule has 154 valence electrons. The minimum Gasteiger partial charge on any atom is -0.496 e. The van der Waals surface area contributed by atoms with E-state index in [1.165, 1.54) is 25.3 Å². The zero-order valence-corrected chi connectivity index (χ0v) is 17.3. The van der Waals surface area contributed by atoms with Gasteiger partial charge in [-0.2, -0.15) is 0 Å². The fourth-order valence-corrected chi connectivity index (χ4v) is 3.22. The first kappa shape index (κ1) is 21.8. The van der Waals surface area contributed by atoms with Crippen LogP contribution >= 0.6 is 23.2 Å². The van der Waals surface area contributed by atoms with Gasteiger partial charge in [0, 0.05) is 22.2 Å². The standard InChI is InChI=1S/C23H16Cl2F2O3/c1-29-22-8-3-14(2-7-21(28)18-6-4-16(24)11-19(18)25)10-15(22)13-30-23-9-5-17(26)12-20(23)27/h2-12H,13H2,1H3/b7-2+. The fraction of sp³-hybridized carbons (Fsp3) is 0.0870. The number of benzene rings is 3. The number of hydrogen-bond donors (Lipinski definition) is 0. The van der Waals surface area contributed by atoms with Crippen LogP contribution < -0.4 is 9.47 Å². The third kappa shape index (κ3) is 5.38. The number of carbonyl (C=O) groups is 1. The average molecular weight is 449 g/mol. The van der Waals surface area contributed by atoms with Crippen LogP contribution in [0.15, 0.2) is 60.7 Å². The van der Waals surface area contributed by atoms with Crippen LogP contribution in [0, 0.1) is 11.6 Å². The summed E-state index contributed by atoms with van der Waals surface area (Å²) >= 11 is 11.9. The molecule has 0 heterocycles. The highest BCUT2D eigenvalue weighted by Crippen LogP contribution is 2.25. The Morgan fingerprint density at radius 1 is 1.00 bits per heavy atom. The van der Waals surface area contributed by atoms with Crippen LogP contribution in [0.4, 0.5) is 8.78 Å². The highest BCUT2D eigenvalue weighted by molar-refractivity contribution is 6.37. The summed E-state index contributed by atoms with van der Waals surface area (Å²) < 4.78 is 37.6. The molecular weight excluding hydrogens is 433 g/mol. The van der Waals surface area contributed by atoms with E-state index in [2.05, 4.69) is 0 Å². The van der Waals surface area contributed by atoms with Crippen LogP contribution in [-0.4, -0.2) is 12.9 Å². The van der Waals surface area contributed by atoms with Gasteiger partial charge in [0.1, 0.15) is 18.2 Å². The first-order valence-electron chi connectivity index (χ1n) is 8.79. The zero-order valence-electron chi connectivity index (χ0n) is 15.8. The number of ether oxygens (including phenoxy) is 2. The first-order chi connectivity index (χ1) is 14.4. The molecule has 0 aromatic heterocycles. The van der Waals surface area contributed by atoms with E-state index in [4.69, 9.17) is 32.7 Å². The lowest BCUT2D eigenvalue weighted by Crippen LogP contribution is -2.01. The summed E-state index contributed by atoms with van der Waals surface area (Å²) in [6, 6.07) is 12.9. The molecule has 7 heteroatoms. The van der Waals surface area contributed by atoms with E-state index in [-0.39, 0.29) is 23.2 Å². The minimum atomic E-state index is -0.796. The van der Waals surface area contributed by atoms with Crippen LogP contribution in [-0.2, 0) is 6.61 Å². The molecule has 0 saturated heterocycles. The third-order valence-corrected chi connectivity index (χ3v) is 4.75. The SMILES string of the molecule is COc1ccc(/C=C/C(=O)c2ccc(Cl)cc2Cl)cc1COc1ccc(F)cc1F. The molecule has 3 aromatic rings. The Labute approximate surface area is 182 Å². The van der Waals surface area contributed by atoms with E-state index >= 15 is 0 Å². The Bertz CT molecular complexity index is 1110. The summed E-state index contributed by atoms with van der Waals surface area (Å²) in [6.07, 6.45) is 3.01. The van der Waals surface area contributed by atoms with Gasteiger partial charge >= 0.3 is 0 Å². The Hall–Kier alpha value is -2.89. The Balaban J connectivity index is 1.78. The summed E-state index contributed by atoms with van der Waals surface area (Å²) in [5, 5.41) is 0.709. The van der Waals surface area contributed by atoms with Crippen LogP contribution in [0.2, 0.25) is 10.0 Å². The second-order valence-electron chi connectivity index (χ2n) is 6.26. The molecule has 0 saturated carbocycles. The largest absolute Gasteiger partial charge is 0.496 e. The van der Waals surface area contributed by atoms with Crippen molar-refractivity contribution in [3.8, 4) is 11.5 Å². The minimum absolute atomic E-state index is 0.00956. The normalized spacial score (nSPS) is 11.0. The van der Waals surface area contributed by atoms with Gasteiger partial charge in [0.15, 0.2) is 17.3 Å². The number of allylic oxidation sites excluding steroid dienone is 1. The molecular formula is C23H16Cl2F2O3. The molecule has 0 aliphatic heterocycles. The van der Waals surface area contributed by atoms with Crippen molar-refractivity contribution in [2.75, 3.05) is 7.11 Å². The van der Waals surface area contributed by atoms with Gasteiger partial charge in [-0.1, -0.05) is 35.3 Å². The van der Waals surface area contributed by atoms with Crippen LogP contribution in [0.5, 0.6) is 11.5 Å². The lowest BCUT2D eigenvalue weighted by Gasteiger charge is -2.12. The van der Waals surface area contributed by atoms with Crippen molar-refractivity contribution in [1.82, 2.24) is 0 Å². The molecule has 3 nitrogen and oxygen atoms in total. The summed E-state index contributed by atoms with van der Waals surface area (Å²) in [5.74, 6) is -1.31. The van der Waals surface area contributed by atoms with Gasteiger partial charge in [-0.05, 0) is 54.1 Å². The Morgan fingerprint density at radius 2 is 1.77 bits per heavy atom. The van der Waals surface area contributed by atoms with Gasteiger partial charge < -0.3 is 9.47 Å². The molecule has 0 aliphatic rings. The molecule has 0 N–H and O–H groups in total.